The lowest BCUT2D eigenvalue weighted by atomic mass is 9.74. The number of rotatable bonds is 10. The van der Waals surface area contributed by atoms with Crippen LogP contribution in [0, 0.1) is 22.9 Å². The van der Waals surface area contributed by atoms with Gasteiger partial charge < -0.3 is 14.7 Å². The van der Waals surface area contributed by atoms with E-state index in [1.807, 2.05) is 0 Å². The Morgan fingerprint density at radius 3 is 2.50 bits per heavy atom. The number of alkyl halides is 1. The number of carbonyl (C=O) groups is 1. The molecular weight excluding hydrogens is 524 g/mol. The van der Waals surface area contributed by atoms with Crippen molar-refractivity contribution in [3.05, 3.63) is 70.1 Å². The lowest BCUT2D eigenvalue weighted by Gasteiger charge is -2.39. The molecule has 1 atom stereocenters. The third-order valence-corrected chi connectivity index (χ3v) is 7.81. The van der Waals surface area contributed by atoms with Gasteiger partial charge in [0.25, 0.3) is 0 Å². The first-order valence-electron chi connectivity index (χ1n) is 12.5. The van der Waals surface area contributed by atoms with Gasteiger partial charge in [-0.3, -0.25) is 9.78 Å². The maximum atomic E-state index is 15.6. The minimum atomic E-state index is -1.48. The topological polar surface area (TPSA) is 62.7 Å². The molecule has 1 aliphatic rings. The first kappa shape index (κ1) is 28.1. The van der Waals surface area contributed by atoms with E-state index in [1.54, 1.807) is 18.2 Å². The average Bonchev–Trinajstić information content (AvgIpc) is 2.90. The highest BCUT2D eigenvalue weighted by Gasteiger charge is 2.41. The van der Waals surface area contributed by atoms with Crippen LogP contribution in [0.4, 0.5) is 17.6 Å². The number of ether oxygens (including phenoxy) is 1. The van der Waals surface area contributed by atoms with E-state index in [1.165, 1.54) is 13.3 Å². The smallest absolute Gasteiger partial charge is 0.309 e. The van der Waals surface area contributed by atoms with Gasteiger partial charge in [-0.15, -0.1) is 0 Å². The fourth-order valence-corrected chi connectivity index (χ4v) is 5.46. The van der Waals surface area contributed by atoms with Crippen LogP contribution in [-0.4, -0.2) is 47.7 Å². The number of hydrogen-bond donors (Lipinski definition) is 1. The van der Waals surface area contributed by atoms with Gasteiger partial charge in [-0.1, -0.05) is 11.6 Å². The number of aromatic nitrogens is 1. The van der Waals surface area contributed by atoms with Crippen LogP contribution in [0.1, 0.15) is 49.4 Å². The summed E-state index contributed by atoms with van der Waals surface area (Å²) in [5.74, 6) is -4.32. The predicted octanol–water partition coefficient (Wildman–Crippen LogP) is 6.90. The van der Waals surface area contributed by atoms with Crippen LogP contribution in [0.25, 0.3) is 10.9 Å². The molecule has 2 heterocycles. The third kappa shape index (κ3) is 6.04. The Morgan fingerprint density at radius 1 is 1.18 bits per heavy atom. The van der Waals surface area contributed by atoms with Crippen molar-refractivity contribution in [1.29, 1.82) is 0 Å². The molecule has 1 saturated heterocycles. The van der Waals surface area contributed by atoms with Crippen LogP contribution in [0.3, 0.4) is 0 Å². The van der Waals surface area contributed by atoms with Crippen LogP contribution < -0.4 is 4.74 Å². The number of halogens is 5. The molecule has 1 fully saturated rings. The summed E-state index contributed by atoms with van der Waals surface area (Å²) in [7, 11) is 1.51. The summed E-state index contributed by atoms with van der Waals surface area (Å²) in [6.07, 6.45) is 1.71. The molecule has 0 bridgehead atoms. The Bertz CT molecular complexity index is 1290. The van der Waals surface area contributed by atoms with Crippen LogP contribution in [-0.2, 0) is 11.2 Å². The molecule has 1 aromatic heterocycles. The molecule has 38 heavy (non-hydrogen) atoms. The van der Waals surface area contributed by atoms with Crippen LogP contribution in [0.5, 0.6) is 5.75 Å². The Hall–Kier alpha value is -2.91. The van der Waals surface area contributed by atoms with Crippen molar-refractivity contribution >= 4 is 28.5 Å². The van der Waals surface area contributed by atoms with Crippen molar-refractivity contribution < 1.29 is 32.2 Å². The number of benzene rings is 2. The van der Waals surface area contributed by atoms with E-state index in [2.05, 4.69) is 9.88 Å². The number of carboxylic acid groups (broad SMARTS) is 1. The van der Waals surface area contributed by atoms with E-state index in [0.717, 1.165) is 12.1 Å². The van der Waals surface area contributed by atoms with E-state index in [-0.39, 0.29) is 23.4 Å². The highest BCUT2D eigenvalue weighted by atomic mass is 35.5. The molecule has 3 aromatic rings. The van der Waals surface area contributed by atoms with Crippen molar-refractivity contribution in [2.75, 3.05) is 26.7 Å². The molecule has 1 aliphatic heterocycles. The first-order valence-corrected chi connectivity index (χ1v) is 12.9. The number of likely N-dealkylation sites (tertiary alicyclic amines) is 1. The van der Waals surface area contributed by atoms with Gasteiger partial charge in [0.15, 0.2) is 17.5 Å². The van der Waals surface area contributed by atoms with Crippen molar-refractivity contribution in [3.63, 3.8) is 0 Å². The molecule has 1 N–H and O–H groups in total. The van der Waals surface area contributed by atoms with Gasteiger partial charge in [-0.05, 0) is 94.1 Å². The zero-order chi connectivity index (χ0) is 27.4. The molecule has 0 saturated carbocycles. The van der Waals surface area contributed by atoms with E-state index in [4.69, 9.17) is 16.3 Å². The van der Waals surface area contributed by atoms with Crippen LogP contribution >= 0.6 is 11.6 Å². The molecule has 0 amide bonds. The monoisotopic (exact) mass is 552 g/mol. The Kier molecular flexibility index (Phi) is 8.78. The molecule has 0 spiro atoms. The van der Waals surface area contributed by atoms with Crippen LogP contribution in [0.15, 0.2) is 36.5 Å². The first-order chi connectivity index (χ1) is 18.1. The zero-order valence-electron chi connectivity index (χ0n) is 21.0. The summed E-state index contributed by atoms with van der Waals surface area (Å²) in [5, 5.41) is 10.8. The van der Waals surface area contributed by atoms with Crippen molar-refractivity contribution in [3.8, 4) is 5.75 Å². The molecule has 4 rings (SSSR count). The molecule has 0 unspecified atom stereocenters. The minimum Gasteiger partial charge on any atom is -0.497 e. The number of nitrogens with zero attached hydrogens (tertiary/aromatic N) is 2. The molecule has 0 radical (unpaired) electrons. The van der Waals surface area contributed by atoms with E-state index >= 15 is 4.39 Å². The third-order valence-electron chi connectivity index (χ3n) is 7.51. The SMILES string of the molecule is COc1ccc2ncc(Cl)c([C@@H](F)CCC3(C(=O)O)CCN(CCCc4cc(F)c(F)c(F)c4)CC3)c2c1. The normalized spacial score (nSPS) is 16.5. The second kappa shape index (κ2) is 11.9. The summed E-state index contributed by atoms with van der Waals surface area (Å²) >= 11 is 6.32. The van der Waals surface area contributed by atoms with Gasteiger partial charge in [0.1, 0.15) is 11.9 Å². The lowest BCUT2D eigenvalue weighted by Crippen LogP contribution is -2.44. The number of carboxylic acids is 1. The maximum absolute atomic E-state index is 15.6. The van der Waals surface area contributed by atoms with Crippen molar-refractivity contribution in [2.45, 2.75) is 44.7 Å². The molecule has 5 nitrogen and oxygen atoms in total. The Morgan fingerprint density at radius 2 is 1.87 bits per heavy atom. The molecule has 0 aliphatic carbocycles. The number of aliphatic carboxylic acids is 1. The summed E-state index contributed by atoms with van der Waals surface area (Å²) in [4.78, 5) is 18.6. The molecule has 204 valence electrons. The van der Waals surface area contributed by atoms with Gasteiger partial charge in [0, 0.05) is 17.1 Å². The minimum absolute atomic E-state index is 0.00988. The van der Waals surface area contributed by atoms with Gasteiger partial charge >= 0.3 is 5.97 Å². The Balaban J connectivity index is 1.36. The Labute approximate surface area is 223 Å². The highest BCUT2D eigenvalue weighted by molar-refractivity contribution is 6.32. The van der Waals surface area contributed by atoms with E-state index in [9.17, 15) is 23.1 Å². The van der Waals surface area contributed by atoms with Crippen molar-refractivity contribution in [1.82, 2.24) is 9.88 Å². The summed E-state index contributed by atoms with van der Waals surface area (Å²) in [6.45, 7) is 1.61. The van der Waals surface area contributed by atoms with Gasteiger partial charge in [0.2, 0.25) is 0 Å². The molecule has 2 aromatic carbocycles. The number of piperidine rings is 1. The lowest BCUT2D eigenvalue weighted by molar-refractivity contribution is -0.153. The second-order valence-corrected chi connectivity index (χ2v) is 10.2. The second-order valence-electron chi connectivity index (χ2n) is 9.81. The standard InChI is InChI=1S/C28H29ClF4N2O3/c1-38-18-4-5-24-19(15-18)25(20(29)16-34-24)21(30)6-7-28(27(36)37)8-11-35(12-9-28)10-2-3-17-13-22(31)26(33)23(32)14-17/h4-5,13-16,21H,2-3,6-12H2,1H3,(H,36,37)/t21-/m0/s1. The van der Waals surface area contributed by atoms with Gasteiger partial charge in [0.05, 0.1) is 23.1 Å². The summed E-state index contributed by atoms with van der Waals surface area (Å²) in [6, 6.07) is 7.11. The number of hydrogen-bond acceptors (Lipinski definition) is 4. The van der Waals surface area contributed by atoms with E-state index in [0.29, 0.717) is 67.5 Å². The fraction of sp³-hybridized carbons (Fsp3) is 0.429. The average molecular weight is 553 g/mol. The van der Waals surface area contributed by atoms with Crippen molar-refractivity contribution in [2.24, 2.45) is 5.41 Å². The predicted molar refractivity (Wildman–Crippen MR) is 137 cm³/mol. The van der Waals surface area contributed by atoms with Crippen LogP contribution in [0.2, 0.25) is 5.02 Å². The highest BCUT2D eigenvalue weighted by Crippen LogP contribution is 2.42. The van der Waals surface area contributed by atoms with E-state index < -0.39 is 35.0 Å². The molecular formula is C28H29ClF4N2O3. The number of aryl methyl sites for hydroxylation is 1. The number of methoxy groups -OCH3 is 1. The maximum Gasteiger partial charge on any atom is 0.309 e. The quantitative estimate of drug-likeness (QED) is 0.219. The van der Waals surface area contributed by atoms with Gasteiger partial charge in [-0.25, -0.2) is 17.6 Å². The summed E-state index contributed by atoms with van der Waals surface area (Å²) < 4.78 is 60.9. The fourth-order valence-electron chi connectivity index (χ4n) is 5.20. The zero-order valence-corrected chi connectivity index (χ0v) is 21.7. The number of pyridine rings is 1. The van der Waals surface area contributed by atoms with Gasteiger partial charge in [-0.2, -0.15) is 0 Å². The summed E-state index contributed by atoms with van der Waals surface area (Å²) in [5.41, 5.74) is 0.159. The molecule has 10 heteroatoms. The largest absolute Gasteiger partial charge is 0.497 e. The number of fused-ring (bicyclic) bond motifs is 1.